The second-order valence-electron chi connectivity index (χ2n) is 5.77. The molecule has 130 valence electrons. The summed E-state index contributed by atoms with van der Waals surface area (Å²) >= 11 is 0. The van der Waals surface area contributed by atoms with Crippen LogP contribution in [0.15, 0.2) is 30.5 Å². The summed E-state index contributed by atoms with van der Waals surface area (Å²) in [5, 5.41) is 27.0. The number of benzene rings is 1. The third kappa shape index (κ3) is 3.79. The van der Waals surface area contributed by atoms with E-state index in [4.69, 9.17) is 27.9 Å². The zero-order valence-electron chi connectivity index (χ0n) is 13.1. The lowest BCUT2D eigenvalue weighted by Crippen LogP contribution is -2.56. The number of pyridine rings is 1. The summed E-state index contributed by atoms with van der Waals surface area (Å²) in [6, 6.07) is 5.63. The number of hydrogen-bond donors (Lipinski definition) is 3. The Bertz CT molecular complexity index is 779. The third-order valence-electron chi connectivity index (χ3n) is 3.87. The van der Waals surface area contributed by atoms with Gasteiger partial charge in [0.2, 0.25) is 5.87 Å². The second kappa shape index (κ2) is 6.68. The van der Waals surface area contributed by atoms with Crippen molar-refractivity contribution >= 4 is 13.7 Å². The molecule has 1 saturated heterocycles. The van der Waals surface area contributed by atoms with Crippen LogP contribution in [0.1, 0.15) is 5.56 Å². The molecule has 0 amide bonds. The van der Waals surface area contributed by atoms with Crippen LogP contribution in [0.25, 0.3) is 11.1 Å². The fraction of sp³-hybridized carbons (Fsp3) is 0.312. The summed E-state index contributed by atoms with van der Waals surface area (Å²) in [5.74, 6) is -3.97. The Morgan fingerprint density at radius 3 is 2.64 bits per heavy atom. The van der Waals surface area contributed by atoms with E-state index in [0.29, 0.717) is 0 Å². The van der Waals surface area contributed by atoms with E-state index in [0.717, 1.165) is 6.07 Å². The number of rotatable bonds is 5. The van der Waals surface area contributed by atoms with Crippen molar-refractivity contribution in [3.05, 3.63) is 47.7 Å². The van der Waals surface area contributed by atoms with Crippen molar-refractivity contribution in [3.8, 4) is 11.1 Å². The number of aliphatic hydroxyl groups is 3. The highest BCUT2D eigenvalue weighted by Crippen LogP contribution is 2.30. The molecule has 0 aliphatic carbocycles. The number of aromatic nitrogens is 1. The highest BCUT2D eigenvalue weighted by Gasteiger charge is 2.34. The molecule has 3 N–H and O–H groups in total. The average Bonchev–Trinajstić information content (AvgIpc) is 2.50. The quantitative estimate of drug-likeness (QED) is 0.539. The van der Waals surface area contributed by atoms with Gasteiger partial charge in [-0.05, 0) is 6.07 Å². The van der Waals surface area contributed by atoms with Crippen molar-refractivity contribution in [3.63, 3.8) is 0 Å². The van der Waals surface area contributed by atoms with Crippen LogP contribution in [0.3, 0.4) is 0 Å². The molecule has 0 spiro atoms. The molecule has 2 radical (unpaired) electrons. The molecule has 1 aliphatic heterocycles. The predicted molar refractivity (Wildman–Crippen MR) is 85.5 cm³/mol. The van der Waals surface area contributed by atoms with Crippen LogP contribution in [0.5, 0.6) is 0 Å². The lowest BCUT2D eigenvalue weighted by atomic mass is 10.0. The zero-order chi connectivity index (χ0) is 18.2. The molecule has 1 aromatic carbocycles. The number of halogens is 2. The monoisotopic (exact) mass is 348 g/mol. The van der Waals surface area contributed by atoms with E-state index in [1.165, 1.54) is 23.2 Å². The van der Waals surface area contributed by atoms with Crippen molar-refractivity contribution in [2.45, 2.75) is 18.6 Å². The van der Waals surface area contributed by atoms with Gasteiger partial charge in [0.25, 0.3) is 0 Å². The maximum atomic E-state index is 14.3. The third-order valence-corrected chi connectivity index (χ3v) is 3.87. The first-order valence-electron chi connectivity index (χ1n) is 7.49. The van der Waals surface area contributed by atoms with Crippen LogP contribution in [-0.4, -0.2) is 53.2 Å². The highest BCUT2D eigenvalue weighted by atomic mass is 19.1. The molecule has 2 aromatic rings. The Labute approximate surface area is 143 Å². The van der Waals surface area contributed by atoms with Crippen LogP contribution < -0.4 is 4.90 Å². The Hall–Kier alpha value is -2.07. The lowest BCUT2D eigenvalue weighted by molar-refractivity contribution is -0.297. The van der Waals surface area contributed by atoms with E-state index in [1.54, 1.807) is 6.07 Å². The van der Waals surface area contributed by atoms with Crippen molar-refractivity contribution in [1.82, 2.24) is 4.98 Å². The first kappa shape index (κ1) is 17.7. The van der Waals surface area contributed by atoms with Crippen molar-refractivity contribution in [1.29, 1.82) is 0 Å². The minimum Gasteiger partial charge on any atom is -0.392 e. The SMILES string of the molecule is [B]C(O)(O)OC1CN(c2ncc(-c3cccc(CO)c3F)cc2F)C1. The number of ether oxygens (including phenoxy) is 1. The van der Waals surface area contributed by atoms with Gasteiger partial charge in [0, 0.05) is 36.0 Å². The molecule has 0 atom stereocenters. The first-order valence-corrected chi connectivity index (χ1v) is 7.49. The van der Waals surface area contributed by atoms with Gasteiger partial charge in [0.1, 0.15) is 5.82 Å². The number of aliphatic hydroxyl groups excluding tert-OH is 1. The summed E-state index contributed by atoms with van der Waals surface area (Å²) in [6.07, 6.45) is 0.761. The molecular formula is C16H15BF2N2O4. The molecular weight excluding hydrogens is 333 g/mol. The van der Waals surface area contributed by atoms with E-state index < -0.39 is 30.2 Å². The molecule has 3 rings (SSSR count). The van der Waals surface area contributed by atoms with Gasteiger partial charge >= 0.3 is 0 Å². The molecule has 1 fully saturated rings. The predicted octanol–water partition coefficient (Wildman–Crippen LogP) is 0.489. The molecule has 6 nitrogen and oxygen atoms in total. The Balaban J connectivity index is 1.77. The lowest BCUT2D eigenvalue weighted by Gasteiger charge is -2.41. The van der Waals surface area contributed by atoms with Gasteiger partial charge in [-0.1, -0.05) is 18.2 Å². The summed E-state index contributed by atoms with van der Waals surface area (Å²) in [5.41, 5.74) is 0.500. The van der Waals surface area contributed by atoms with E-state index in [-0.39, 0.29) is 35.6 Å². The Morgan fingerprint density at radius 1 is 1.32 bits per heavy atom. The fourth-order valence-electron chi connectivity index (χ4n) is 2.67. The molecule has 9 heteroatoms. The summed E-state index contributed by atoms with van der Waals surface area (Å²) in [7, 11) is 4.91. The smallest absolute Gasteiger partial charge is 0.218 e. The van der Waals surface area contributed by atoms with Gasteiger partial charge in [-0.3, -0.25) is 0 Å². The topological polar surface area (TPSA) is 86.0 Å². The summed E-state index contributed by atoms with van der Waals surface area (Å²) in [4.78, 5) is 5.54. The Morgan fingerprint density at radius 2 is 2.04 bits per heavy atom. The van der Waals surface area contributed by atoms with E-state index in [1.807, 2.05) is 0 Å². The van der Waals surface area contributed by atoms with Crippen LogP contribution >= 0.6 is 0 Å². The second-order valence-corrected chi connectivity index (χ2v) is 5.77. The minimum absolute atomic E-state index is 0.0424. The van der Waals surface area contributed by atoms with Gasteiger partial charge in [-0.25, -0.2) is 13.8 Å². The van der Waals surface area contributed by atoms with Crippen LogP contribution in [0.4, 0.5) is 14.6 Å². The maximum absolute atomic E-state index is 14.3. The number of nitrogens with zero attached hydrogens (tertiary/aromatic N) is 2. The largest absolute Gasteiger partial charge is 0.392 e. The standard InChI is InChI=1S/C16H15BF2N2O4/c17-16(23,24)25-11-6-21(7-11)15-13(18)4-10(5-20-15)12-3-1-2-9(8-22)14(12)19/h1-5,11,22-24H,6-8H2. The summed E-state index contributed by atoms with van der Waals surface area (Å²) < 4.78 is 33.3. The van der Waals surface area contributed by atoms with Crippen LogP contribution in [0.2, 0.25) is 0 Å². The van der Waals surface area contributed by atoms with Gasteiger partial charge in [0.05, 0.1) is 12.7 Å². The fourth-order valence-corrected chi connectivity index (χ4v) is 2.67. The highest BCUT2D eigenvalue weighted by molar-refractivity contribution is 6.11. The summed E-state index contributed by atoms with van der Waals surface area (Å²) in [6.45, 7) is -0.101. The zero-order valence-corrected chi connectivity index (χ0v) is 13.1. The van der Waals surface area contributed by atoms with Gasteiger partial charge in [-0.15, -0.1) is 0 Å². The van der Waals surface area contributed by atoms with Gasteiger partial charge in [0.15, 0.2) is 19.5 Å². The van der Waals surface area contributed by atoms with Crippen LogP contribution in [0, 0.1) is 11.6 Å². The van der Waals surface area contributed by atoms with E-state index in [2.05, 4.69) is 4.98 Å². The number of hydrogen-bond acceptors (Lipinski definition) is 6. The molecule has 2 heterocycles. The maximum Gasteiger partial charge on any atom is 0.218 e. The minimum atomic E-state index is -2.73. The first-order chi connectivity index (χ1) is 11.8. The molecule has 0 unspecified atom stereocenters. The van der Waals surface area contributed by atoms with Crippen molar-refractivity contribution < 1.29 is 28.8 Å². The number of anilines is 1. The van der Waals surface area contributed by atoms with E-state index >= 15 is 0 Å². The molecule has 0 saturated carbocycles. The molecule has 1 aromatic heterocycles. The van der Waals surface area contributed by atoms with E-state index in [9.17, 15) is 8.78 Å². The molecule has 0 bridgehead atoms. The van der Waals surface area contributed by atoms with Crippen molar-refractivity contribution in [2.24, 2.45) is 0 Å². The molecule has 25 heavy (non-hydrogen) atoms. The Kier molecular flexibility index (Phi) is 4.74. The van der Waals surface area contributed by atoms with Gasteiger partial charge < -0.3 is 25.0 Å². The normalized spacial score (nSPS) is 15.3. The van der Waals surface area contributed by atoms with Gasteiger partial charge in [-0.2, -0.15) is 0 Å². The molecule has 1 aliphatic rings. The van der Waals surface area contributed by atoms with Crippen LogP contribution in [-0.2, 0) is 11.3 Å². The van der Waals surface area contributed by atoms with Crippen molar-refractivity contribution in [2.75, 3.05) is 18.0 Å². The average molecular weight is 348 g/mol.